The number of hydrogen-bond acceptors (Lipinski definition) is 5. The Bertz CT molecular complexity index is 694. The summed E-state index contributed by atoms with van der Waals surface area (Å²) in [7, 11) is 0. The minimum Gasteiger partial charge on any atom is -0.356 e. The molecule has 0 fully saturated rings. The Morgan fingerprint density at radius 1 is 1.12 bits per heavy atom. The summed E-state index contributed by atoms with van der Waals surface area (Å²) in [6.45, 7) is 9.82. The lowest BCUT2D eigenvalue weighted by molar-refractivity contribution is 0.101. The molecule has 24 heavy (non-hydrogen) atoms. The number of anilines is 3. The van der Waals surface area contributed by atoms with Crippen LogP contribution in [0.3, 0.4) is 0 Å². The number of benzene rings is 1. The Hall–Kier alpha value is -2.43. The summed E-state index contributed by atoms with van der Waals surface area (Å²) < 4.78 is 0. The second-order valence-electron chi connectivity index (χ2n) is 5.94. The molecule has 0 aliphatic rings. The highest BCUT2D eigenvalue weighted by Gasteiger charge is 2.10. The van der Waals surface area contributed by atoms with Gasteiger partial charge in [0.2, 0.25) is 5.95 Å². The lowest BCUT2D eigenvalue weighted by atomic mass is 10.1. The average Bonchev–Trinajstić information content (AvgIpc) is 2.54. The molecule has 1 heterocycles. The van der Waals surface area contributed by atoms with Crippen molar-refractivity contribution in [3.8, 4) is 0 Å². The van der Waals surface area contributed by atoms with Crippen molar-refractivity contribution < 1.29 is 4.79 Å². The van der Waals surface area contributed by atoms with Gasteiger partial charge in [-0.3, -0.25) is 4.79 Å². The summed E-state index contributed by atoms with van der Waals surface area (Å²) in [4.78, 5) is 22.9. The van der Waals surface area contributed by atoms with Gasteiger partial charge in [0, 0.05) is 36.1 Å². The third-order valence-corrected chi connectivity index (χ3v) is 3.68. The molecular weight excluding hydrogens is 300 g/mol. The molecule has 0 saturated carbocycles. The van der Waals surface area contributed by atoms with Crippen LogP contribution >= 0.6 is 0 Å². The Kier molecular flexibility index (Phi) is 6.29. The largest absolute Gasteiger partial charge is 0.356 e. The molecule has 0 aliphatic heterocycles. The van der Waals surface area contributed by atoms with Gasteiger partial charge in [-0.1, -0.05) is 26.0 Å². The normalized spacial score (nSPS) is 10.5. The summed E-state index contributed by atoms with van der Waals surface area (Å²) in [5.41, 5.74) is 2.41. The molecule has 0 amide bonds. The van der Waals surface area contributed by atoms with Gasteiger partial charge >= 0.3 is 0 Å². The molecule has 0 unspecified atom stereocenters. The molecule has 5 heteroatoms. The number of aryl methyl sites for hydroxylation is 1. The van der Waals surface area contributed by atoms with E-state index in [4.69, 9.17) is 0 Å². The topological polar surface area (TPSA) is 58.1 Å². The van der Waals surface area contributed by atoms with Crippen molar-refractivity contribution in [2.24, 2.45) is 0 Å². The van der Waals surface area contributed by atoms with Gasteiger partial charge in [-0.05, 0) is 38.8 Å². The molecule has 0 bridgehead atoms. The zero-order chi connectivity index (χ0) is 17.5. The van der Waals surface area contributed by atoms with Crippen LogP contribution in [0.25, 0.3) is 0 Å². The van der Waals surface area contributed by atoms with Crippen LogP contribution in [0.4, 0.5) is 17.5 Å². The fourth-order valence-electron chi connectivity index (χ4n) is 2.60. The molecule has 0 atom stereocenters. The fraction of sp³-hybridized carbons (Fsp3) is 0.421. The molecule has 0 spiro atoms. The first-order valence-electron chi connectivity index (χ1n) is 8.52. The second kappa shape index (κ2) is 8.43. The maximum atomic E-state index is 11.5. The van der Waals surface area contributed by atoms with E-state index in [1.807, 2.05) is 31.2 Å². The molecule has 0 aliphatic carbocycles. The standard InChI is InChI=1S/C19H26N4O/c1-5-10-23(11-6-2)18-12-14(3)20-19(22-18)21-17-9-7-8-16(13-17)15(4)24/h7-9,12-13H,5-6,10-11H2,1-4H3,(H,20,21,22). The van der Waals surface area contributed by atoms with Crippen LogP contribution in [0.5, 0.6) is 0 Å². The molecule has 1 N–H and O–H groups in total. The number of nitrogens with one attached hydrogen (secondary N) is 1. The van der Waals surface area contributed by atoms with Crippen LogP contribution in [0, 0.1) is 6.92 Å². The number of carbonyl (C=O) groups excluding carboxylic acids is 1. The van der Waals surface area contributed by atoms with Crippen LogP contribution in [0.1, 0.15) is 49.7 Å². The maximum absolute atomic E-state index is 11.5. The van der Waals surface area contributed by atoms with Crippen LogP contribution in [-0.2, 0) is 0 Å². The maximum Gasteiger partial charge on any atom is 0.229 e. The fourth-order valence-corrected chi connectivity index (χ4v) is 2.60. The highest BCUT2D eigenvalue weighted by molar-refractivity contribution is 5.95. The van der Waals surface area contributed by atoms with Gasteiger partial charge in [-0.25, -0.2) is 4.98 Å². The first kappa shape index (κ1) is 17.9. The van der Waals surface area contributed by atoms with Gasteiger partial charge in [-0.2, -0.15) is 4.98 Å². The third kappa shape index (κ3) is 4.78. The summed E-state index contributed by atoms with van der Waals surface area (Å²) in [5.74, 6) is 1.54. The molecular formula is C19H26N4O. The molecule has 2 rings (SSSR count). The van der Waals surface area contributed by atoms with E-state index < -0.39 is 0 Å². The Balaban J connectivity index is 2.27. The molecule has 1 aromatic heterocycles. The van der Waals surface area contributed by atoms with Crippen molar-refractivity contribution in [1.29, 1.82) is 0 Å². The molecule has 0 saturated heterocycles. The number of nitrogens with zero attached hydrogens (tertiary/aromatic N) is 3. The van der Waals surface area contributed by atoms with E-state index in [9.17, 15) is 4.79 Å². The van der Waals surface area contributed by atoms with E-state index in [1.54, 1.807) is 13.0 Å². The number of rotatable bonds is 8. The quantitative estimate of drug-likeness (QED) is 0.731. The number of carbonyl (C=O) groups is 1. The molecule has 1 aromatic carbocycles. The molecule has 5 nitrogen and oxygen atoms in total. The van der Waals surface area contributed by atoms with E-state index in [1.165, 1.54) is 0 Å². The first-order chi connectivity index (χ1) is 11.5. The highest BCUT2D eigenvalue weighted by Crippen LogP contribution is 2.20. The lowest BCUT2D eigenvalue weighted by Gasteiger charge is -2.23. The van der Waals surface area contributed by atoms with Crippen LogP contribution in [-0.4, -0.2) is 28.8 Å². The van der Waals surface area contributed by atoms with Gasteiger partial charge in [0.05, 0.1) is 0 Å². The summed E-state index contributed by atoms with van der Waals surface area (Å²) >= 11 is 0. The minimum atomic E-state index is 0.0431. The monoisotopic (exact) mass is 326 g/mol. The van der Waals surface area contributed by atoms with E-state index in [0.29, 0.717) is 11.5 Å². The van der Waals surface area contributed by atoms with E-state index in [-0.39, 0.29) is 5.78 Å². The van der Waals surface area contributed by atoms with Crippen molar-refractivity contribution in [2.75, 3.05) is 23.3 Å². The van der Waals surface area contributed by atoms with E-state index in [0.717, 1.165) is 43.1 Å². The van der Waals surface area contributed by atoms with Crippen molar-refractivity contribution in [3.05, 3.63) is 41.6 Å². The summed E-state index contributed by atoms with van der Waals surface area (Å²) in [5, 5.41) is 3.22. The van der Waals surface area contributed by atoms with Gasteiger partial charge in [0.1, 0.15) is 5.82 Å². The van der Waals surface area contributed by atoms with Crippen molar-refractivity contribution >= 4 is 23.2 Å². The average molecular weight is 326 g/mol. The summed E-state index contributed by atoms with van der Waals surface area (Å²) in [6, 6.07) is 9.41. The van der Waals surface area contributed by atoms with Gasteiger partial charge < -0.3 is 10.2 Å². The molecule has 128 valence electrons. The number of ketones is 1. The predicted molar refractivity (Wildman–Crippen MR) is 99.3 cm³/mol. The number of aromatic nitrogens is 2. The van der Waals surface area contributed by atoms with Crippen LogP contribution in [0.15, 0.2) is 30.3 Å². The lowest BCUT2D eigenvalue weighted by Crippen LogP contribution is -2.26. The van der Waals surface area contributed by atoms with Crippen LogP contribution in [0.2, 0.25) is 0 Å². The summed E-state index contributed by atoms with van der Waals surface area (Å²) in [6.07, 6.45) is 2.15. The zero-order valence-electron chi connectivity index (χ0n) is 15.0. The van der Waals surface area contributed by atoms with Crippen molar-refractivity contribution in [3.63, 3.8) is 0 Å². The van der Waals surface area contributed by atoms with E-state index >= 15 is 0 Å². The smallest absolute Gasteiger partial charge is 0.229 e. The van der Waals surface area contributed by atoms with E-state index in [2.05, 4.69) is 34.0 Å². The predicted octanol–water partition coefficient (Wildman–Crippen LogP) is 4.36. The van der Waals surface area contributed by atoms with Crippen LogP contribution < -0.4 is 10.2 Å². The first-order valence-corrected chi connectivity index (χ1v) is 8.52. The van der Waals surface area contributed by atoms with Gasteiger partial charge in [0.25, 0.3) is 0 Å². The Morgan fingerprint density at radius 3 is 2.46 bits per heavy atom. The zero-order valence-corrected chi connectivity index (χ0v) is 15.0. The molecule has 2 aromatic rings. The minimum absolute atomic E-state index is 0.0431. The number of hydrogen-bond donors (Lipinski definition) is 1. The van der Waals surface area contributed by atoms with Crippen molar-refractivity contribution in [1.82, 2.24) is 9.97 Å². The van der Waals surface area contributed by atoms with Gasteiger partial charge in [0.15, 0.2) is 5.78 Å². The SMILES string of the molecule is CCCN(CCC)c1cc(C)nc(Nc2cccc(C(C)=O)c2)n1. The highest BCUT2D eigenvalue weighted by atomic mass is 16.1. The van der Waals surface area contributed by atoms with Crippen molar-refractivity contribution in [2.45, 2.75) is 40.5 Å². The number of Topliss-reactive ketones (excluding diaryl/α,β-unsaturated/α-hetero) is 1. The molecule has 0 radical (unpaired) electrons. The Labute approximate surface area is 144 Å². The van der Waals surface area contributed by atoms with Gasteiger partial charge in [-0.15, -0.1) is 0 Å². The second-order valence-corrected chi connectivity index (χ2v) is 5.94. The third-order valence-electron chi connectivity index (χ3n) is 3.68. The Morgan fingerprint density at radius 2 is 1.83 bits per heavy atom.